The van der Waals surface area contributed by atoms with Gasteiger partial charge in [0.1, 0.15) is 5.82 Å². The van der Waals surface area contributed by atoms with Crippen molar-refractivity contribution < 1.29 is 0 Å². The third kappa shape index (κ3) is 4.15. The minimum atomic E-state index is -0.0949. The van der Waals surface area contributed by atoms with Crippen molar-refractivity contribution in [1.29, 1.82) is 0 Å². The zero-order chi connectivity index (χ0) is 18.5. The van der Waals surface area contributed by atoms with Gasteiger partial charge in [0, 0.05) is 11.8 Å². The van der Waals surface area contributed by atoms with Crippen LogP contribution >= 0.6 is 0 Å². The van der Waals surface area contributed by atoms with Gasteiger partial charge in [-0.05, 0) is 29.5 Å². The summed E-state index contributed by atoms with van der Waals surface area (Å²) in [6.07, 6.45) is 3.75. The highest BCUT2D eigenvalue weighted by molar-refractivity contribution is 5.68. The van der Waals surface area contributed by atoms with Gasteiger partial charge in [0.15, 0.2) is 0 Å². The lowest BCUT2D eigenvalue weighted by molar-refractivity contribution is 0.619. The molecule has 3 nitrogen and oxygen atoms in total. The fourth-order valence-corrected chi connectivity index (χ4v) is 3.24. The SMILES string of the molecule is NC(CCc1ccccc1)c1nc(-c2ccc(-c3ccccc3)cc2)c[nH]1. The van der Waals surface area contributed by atoms with Crippen LogP contribution in [0, 0.1) is 0 Å². The van der Waals surface area contributed by atoms with Crippen LogP contribution in [0.2, 0.25) is 0 Å². The van der Waals surface area contributed by atoms with Gasteiger partial charge in [-0.2, -0.15) is 0 Å². The van der Waals surface area contributed by atoms with E-state index in [-0.39, 0.29) is 6.04 Å². The number of nitrogens with two attached hydrogens (primary N) is 1. The monoisotopic (exact) mass is 353 g/mol. The van der Waals surface area contributed by atoms with Crippen molar-refractivity contribution in [1.82, 2.24) is 9.97 Å². The first-order valence-electron chi connectivity index (χ1n) is 9.30. The van der Waals surface area contributed by atoms with Gasteiger partial charge in [0.25, 0.3) is 0 Å². The summed E-state index contributed by atoms with van der Waals surface area (Å²) in [5, 5.41) is 0. The number of imidazole rings is 1. The molecular formula is C24H23N3. The van der Waals surface area contributed by atoms with E-state index >= 15 is 0 Å². The number of hydrogen-bond acceptors (Lipinski definition) is 2. The number of rotatable bonds is 6. The standard InChI is InChI=1S/C24H23N3/c25-22(16-11-18-7-3-1-4-8-18)24-26-17-23(27-24)21-14-12-20(13-15-21)19-9-5-2-6-10-19/h1-10,12-15,17,22H,11,16,25H2,(H,26,27). The molecule has 4 rings (SSSR count). The minimum absolute atomic E-state index is 0.0949. The lowest BCUT2D eigenvalue weighted by Crippen LogP contribution is -2.13. The summed E-state index contributed by atoms with van der Waals surface area (Å²) in [5.41, 5.74) is 12.1. The van der Waals surface area contributed by atoms with Gasteiger partial charge in [-0.1, -0.05) is 84.9 Å². The van der Waals surface area contributed by atoms with E-state index in [0.717, 1.165) is 29.9 Å². The number of hydrogen-bond donors (Lipinski definition) is 2. The Labute approximate surface area is 159 Å². The van der Waals surface area contributed by atoms with E-state index in [2.05, 4.69) is 77.8 Å². The Morgan fingerprint density at radius 1 is 0.741 bits per heavy atom. The van der Waals surface area contributed by atoms with Crippen LogP contribution in [0.4, 0.5) is 0 Å². The molecule has 27 heavy (non-hydrogen) atoms. The molecule has 1 aromatic heterocycles. The largest absolute Gasteiger partial charge is 0.347 e. The topological polar surface area (TPSA) is 54.7 Å². The Morgan fingerprint density at radius 2 is 1.33 bits per heavy atom. The maximum Gasteiger partial charge on any atom is 0.123 e. The first-order chi connectivity index (χ1) is 13.3. The minimum Gasteiger partial charge on any atom is -0.347 e. The second kappa shape index (κ2) is 8.02. The van der Waals surface area contributed by atoms with Crippen molar-refractivity contribution >= 4 is 0 Å². The first kappa shape index (κ1) is 17.3. The first-order valence-corrected chi connectivity index (χ1v) is 9.30. The maximum absolute atomic E-state index is 6.34. The lowest BCUT2D eigenvalue weighted by atomic mass is 10.0. The molecule has 0 saturated carbocycles. The third-order valence-electron chi connectivity index (χ3n) is 4.82. The van der Waals surface area contributed by atoms with Crippen molar-refractivity contribution in [2.45, 2.75) is 18.9 Å². The van der Waals surface area contributed by atoms with Crippen molar-refractivity contribution in [2.75, 3.05) is 0 Å². The fraction of sp³-hybridized carbons (Fsp3) is 0.125. The summed E-state index contributed by atoms with van der Waals surface area (Å²) in [7, 11) is 0. The van der Waals surface area contributed by atoms with Gasteiger partial charge in [-0.25, -0.2) is 4.98 Å². The van der Waals surface area contributed by atoms with E-state index < -0.39 is 0 Å². The predicted octanol–water partition coefficient (Wildman–Crippen LogP) is 5.38. The number of benzene rings is 3. The summed E-state index contributed by atoms with van der Waals surface area (Å²) < 4.78 is 0. The number of aromatic amines is 1. The Kier molecular flexibility index (Phi) is 5.13. The van der Waals surface area contributed by atoms with Gasteiger partial charge >= 0.3 is 0 Å². The molecule has 1 heterocycles. The molecular weight excluding hydrogens is 330 g/mol. The van der Waals surface area contributed by atoms with Gasteiger partial charge in [0.05, 0.1) is 11.7 Å². The highest BCUT2D eigenvalue weighted by Gasteiger charge is 2.12. The van der Waals surface area contributed by atoms with E-state index in [1.54, 1.807) is 0 Å². The summed E-state index contributed by atoms with van der Waals surface area (Å²) >= 11 is 0. The number of aromatic nitrogens is 2. The van der Waals surface area contributed by atoms with Crippen LogP contribution in [0.15, 0.2) is 91.1 Å². The molecule has 0 saturated heterocycles. The van der Waals surface area contributed by atoms with Gasteiger partial charge in [0.2, 0.25) is 0 Å². The summed E-state index contributed by atoms with van der Waals surface area (Å²) in [6.45, 7) is 0. The molecule has 134 valence electrons. The normalized spacial score (nSPS) is 12.0. The average molecular weight is 353 g/mol. The quantitative estimate of drug-likeness (QED) is 0.489. The third-order valence-corrected chi connectivity index (χ3v) is 4.82. The zero-order valence-electron chi connectivity index (χ0n) is 15.2. The molecule has 3 N–H and O–H groups in total. The zero-order valence-corrected chi connectivity index (χ0v) is 15.2. The molecule has 3 heteroatoms. The molecule has 4 aromatic rings. The molecule has 0 aliphatic rings. The average Bonchev–Trinajstić information content (AvgIpc) is 3.24. The molecule has 1 atom stereocenters. The van der Waals surface area contributed by atoms with Crippen LogP contribution in [-0.2, 0) is 6.42 Å². The van der Waals surface area contributed by atoms with Crippen LogP contribution in [0.5, 0.6) is 0 Å². The summed E-state index contributed by atoms with van der Waals surface area (Å²) in [5.74, 6) is 0.841. The van der Waals surface area contributed by atoms with Gasteiger partial charge in [-0.3, -0.25) is 0 Å². The fourth-order valence-electron chi connectivity index (χ4n) is 3.24. The Balaban J connectivity index is 1.44. The summed E-state index contributed by atoms with van der Waals surface area (Å²) in [6, 6.07) is 29.2. The second-order valence-electron chi connectivity index (χ2n) is 6.75. The molecule has 0 bridgehead atoms. The molecule has 0 radical (unpaired) electrons. The highest BCUT2D eigenvalue weighted by Crippen LogP contribution is 2.25. The lowest BCUT2D eigenvalue weighted by Gasteiger charge is -2.08. The van der Waals surface area contributed by atoms with Gasteiger partial charge < -0.3 is 10.7 Å². The van der Waals surface area contributed by atoms with Crippen molar-refractivity contribution in [3.05, 3.63) is 103 Å². The van der Waals surface area contributed by atoms with Crippen LogP contribution < -0.4 is 5.73 Å². The van der Waals surface area contributed by atoms with E-state index in [9.17, 15) is 0 Å². The highest BCUT2D eigenvalue weighted by atomic mass is 15.0. The van der Waals surface area contributed by atoms with Crippen LogP contribution in [-0.4, -0.2) is 9.97 Å². The van der Waals surface area contributed by atoms with Gasteiger partial charge in [-0.15, -0.1) is 0 Å². The number of nitrogens with one attached hydrogen (secondary N) is 1. The van der Waals surface area contributed by atoms with E-state index in [4.69, 9.17) is 10.7 Å². The predicted molar refractivity (Wildman–Crippen MR) is 111 cm³/mol. The molecule has 3 aromatic carbocycles. The second-order valence-corrected chi connectivity index (χ2v) is 6.75. The van der Waals surface area contributed by atoms with Crippen molar-refractivity contribution in [2.24, 2.45) is 5.73 Å². The summed E-state index contributed by atoms with van der Waals surface area (Å²) in [4.78, 5) is 7.97. The smallest absolute Gasteiger partial charge is 0.123 e. The molecule has 0 fully saturated rings. The van der Waals surface area contributed by atoms with Crippen molar-refractivity contribution in [3.63, 3.8) is 0 Å². The van der Waals surface area contributed by atoms with Crippen molar-refractivity contribution in [3.8, 4) is 22.4 Å². The Bertz CT molecular complexity index is 973. The molecule has 0 aliphatic carbocycles. The Morgan fingerprint density at radius 3 is 2.04 bits per heavy atom. The number of aryl methyl sites for hydroxylation is 1. The molecule has 0 spiro atoms. The Hall–Kier alpha value is -3.17. The van der Waals surface area contributed by atoms with E-state index in [1.165, 1.54) is 16.7 Å². The van der Waals surface area contributed by atoms with Crippen LogP contribution in [0.3, 0.4) is 0 Å². The van der Waals surface area contributed by atoms with Crippen LogP contribution in [0.25, 0.3) is 22.4 Å². The van der Waals surface area contributed by atoms with Crippen LogP contribution in [0.1, 0.15) is 23.9 Å². The van der Waals surface area contributed by atoms with E-state index in [1.807, 2.05) is 18.3 Å². The maximum atomic E-state index is 6.34. The molecule has 0 amide bonds. The molecule has 0 aliphatic heterocycles. The number of H-pyrrole nitrogens is 1. The molecule has 1 unspecified atom stereocenters. The number of nitrogens with zero attached hydrogens (tertiary/aromatic N) is 1. The van der Waals surface area contributed by atoms with E-state index in [0.29, 0.717) is 0 Å².